The van der Waals surface area contributed by atoms with Crippen molar-refractivity contribution in [1.82, 2.24) is 0 Å². The maximum atomic E-state index is 6.19. The second kappa shape index (κ2) is 9.58. The van der Waals surface area contributed by atoms with Gasteiger partial charge in [0, 0.05) is 0 Å². The molecule has 0 heterocycles. The molecule has 0 rings (SSSR count). The SMILES string of the molecule is [C-]#CC#CC#C.[K+]. The Balaban J connectivity index is 0. The molecular weight excluding hydrogens is 111 g/mol. The van der Waals surface area contributed by atoms with Crippen molar-refractivity contribution in [2.45, 2.75) is 0 Å². The van der Waals surface area contributed by atoms with E-state index in [-0.39, 0.29) is 51.4 Å². The van der Waals surface area contributed by atoms with Gasteiger partial charge in [-0.2, -0.15) is 0 Å². The van der Waals surface area contributed by atoms with Crippen LogP contribution in [0.1, 0.15) is 0 Å². The summed E-state index contributed by atoms with van der Waals surface area (Å²) in [6, 6.07) is 0. The van der Waals surface area contributed by atoms with E-state index in [1.54, 1.807) is 0 Å². The molecular formula is C6HK. The summed E-state index contributed by atoms with van der Waals surface area (Å²) >= 11 is 0. The molecule has 0 fully saturated rings. The average molecular weight is 112 g/mol. The first-order valence-corrected chi connectivity index (χ1v) is 1.29. The Morgan fingerprint density at radius 1 is 1.29 bits per heavy atom. The first kappa shape index (κ1) is 10.3. The normalized spacial score (nSPS) is 2.57. The third-order valence-corrected chi connectivity index (χ3v) is 0.197. The van der Waals surface area contributed by atoms with Crippen LogP contribution >= 0.6 is 0 Å². The van der Waals surface area contributed by atoms with Crippen molar-refractivity contribution < 1.29 is 51.4 Å². The van der Waals surface area contributed by atoms with Crippen molar-refractivity contribution >= 4 is 0 Å². The van der Waals surface area contributed by atoms with Crippen LogP contribution in [0.25, 0.3) is 0 Å². The monoisotopic (exact) mass is 112 g/mol. The first-order chi connectivity index (χ1) is 2.91. The van der Waals surface area contributed by atoms with E-state index in [1.807, 2.05) is 11.8 Å². The number of hydrogen-bond acceptors (Lipinski definition) is 0. The molecule has 0 atom stereocenters. The van der Waals surface area contributed by atoms with Crippen molar-refractivity contribution in [2.24, 2.45) is 0 Å². The zero-order chi connectivity index (χ0) is 4.83. The van der Waals surface area contributed by atoms with Crippen LogP contribution in [0.15, 0.2) is 0 Å². The van der Waals surface area contributed by atoms with Crippen LogP contribution in [0.2, 0.25) is 0 Å². The van der Waals surface area contributed by atoms with E-state index >= 15 is 0 Å². The van der Waals surface area contributed by atoms with Gasteiger partial charge in [-0.3, -0.25) is 5.92 Å². The fourth-order valence-electron chi connectivity index (χ4n) is 0.0673. The van der Waals surface area contributed by atoms with Crippen LogP contribution in [0, 0.1) is 36.5 Å². The van der Waals surface area contributed by atoms with Crippen molar-refractivity contribution in [3.63, 3.8) is 0 Å². The molecule has 0 aliphatic heterocycles. The zero-order valence-corrected chi connectivity index (χ0v) is 7.20. The molecule has 0 amide bonds. The van der Waals surface area contributed by atoms with Gasteiger partial charge in [0.1, 0.15) is 0 Å². The van der Waals surface area contributed by atoms with Crippen LogP contribution in [-0.4, -0.2) is 0 Å². The molecule has 0 aliphatic carbocycles. The second-order valence-corrected chi connectivity index (χ2v) is 0.519. The number of terminal acetylenes is 1. The minimum atomic E-state index is 0. The molecule has 0 N–H and O–H groups in total. The Labute approximate surface area is 86.5 Å². The van der Waals surface area contributed by atoms with E-state index in [2.05, 4.69) is 18.3 Å². The molecule has 0 saturated heterocycles. The van der Waals surface area contributed by atoms with Gasteiger partial charge in [-0.15, -0.1) is 12.3 Å². The minimum absolute atomic E-state index is 0. The van der Waals surface area contributed by atoms with Crippen LogP contribution < -0.4 is 51.4 Å². The predicted octanol–water partition coefficient (Wildman–Crippen LogP) is -2.78. The molecule has 7 heavy (non-hydrogen) atoms. The Hall–Kier alpha value is 0.316. The smallest absolute Gasteiger partial charge is 0.358 e. The van der Waals surface area contributed by atoms with Crippen LogP contribution in [0.4, 0.5) is 0 Å². The van der Waals surface area contributed by atoms with Gasteiger partial charge in [-0.1, -0.05) is 0 Å². The summed E-state index contributed by atoms with van der Waals surface area (Å²) in [7, 11) is 0. The van der Waals surface area contributed by atoms with E-state index in [0.29, 0.717) is 0 Å². The van der Waals surface area contributed by atoms with E-state index in [0.717, 1.165) is 0 Å². The molecule has 0 unspecified atom stereocenters. The number of hydrogen-bond donors (Lipinski definition) is 0. The Morgan fingerprint density at radius 3 is 2.00 bits per heavy atom. The topological polar surface area (TPSA) is 0 Å². The van der Waals surface area contributed by atoms with Gasteiger partial charge >= 0.3 is 51.4 Å². The maximum absolute atomic E-state index is 6.19. The molecule has 0 aliphatic rings. The third-order valence-electron chi connectivity index (χ3n) is 0.197. The average Bonchev–Trinajstić information content (AvgIpc) is 1.61. The molecule has 0 saturated carbocycles. The van der Waals surface area contributed by atoms with Crippen molar-refractivity contribution in [3.05, 3.63) is 6.42 Å². The molecule has 0 radical (unpaired) electrons. The van der Waals surface area contributed by atoms with Gasteiger partial charge in [0.15, 0.2) is 0 Å². The molecule has 0 bridgehead atoms. The van der Waals surface area contributed by atoms with Crippen LogP contribution in [-0.2, 0) is 0 Å². The van der Waals surface area contributed by atoms with Gasteiger partial charge in [-0.05, 0) is 5.92 Å². The zero-order valence-electron chi connectivity index (χ0n) is 4.08. The molecule has 0 nitrogen and oxygen atoms in total. The second-order valence-electron chi connectivity index (χ2n) is 0.519. The largest absolute Gasteiger partial charge is 1.00 e. The van der Waals surface area contributed by atoms with E-state index in [1.165, 1.54) is 0 Å². The van der Waals surface area contributed by atoms with Gasteiger partial charge in [0.05, 0.1) is 0 Å². The molecule has 1 heteroatoms. The summed E-state index contributed by atoms with van der Waals surface area (Å²) in [6.07, 6.45) is 10.9. The van der Waals surface area contributed by atoms with E-state index in [9.17, 15) is 0 Å². The molecule has 0 aromatic heterocycles. The molecule has 0 aromatic rings. The summed E-state index contributed by atoms with van der Waals surface area (Å²) in [6.45, 7) is 0. The first-order valence-electron chi connectivity index (χ1n) is 1.29. The standard InChI is InChI=1S/C6H.K/c1-3-5-6-4-2;/h1H;/q-1;+1. The summed E-state index contributed by atoms with van der Waals surface area (Å²) in [4.78, 5) is 0. The van der Waals surface area contributed by atoms with Crippen molar-refractivity contribution in [2.75, 3.05) is 0 Å². The summed E-state index contributed by atoms with van der Waals surface area (Å²) in [5.74, 6) is 8.15. The van der Waals surface area contributed by atoms with Crippen LogP contribution in [0.3, 0.4) is 0 Å². The number of rotatable bonds is 0. The van der Waals surface area contributed by atoms with Gasteiger partial charge < -0.3 is 6.42 Å². The fraction of sp³-hybridized carbons (Fsp3) is 0. The molecule has 0 spiro atoms. The fourth-order valence-corrected chi connectivity index (χ4v) is 0.0673. The Morgan fingerprint density at radius 2 is 1.86 bits per heavy atom. The molecule has 26 valence electrons. The summed E-state index contributed by atoms with van der Waals surface area (Å²) in [5.41, 5.74) is 0. The molecule has 0 aromatic carbocycles. The maximum Gasteiger partial charge on any atom is 1.00 e. The van der Waals surface area contributed by atoms with Gasteiger partial charge in [-0.25, -0.2) is 5.92 Å². The van der Waals surface area contributed by atoms with Gasteiger partial charge in [0.25, 0.3) is 0 Å². The quantitative estimate of drug-likeness (QED) is 0.181. The summed E-state index contributed by atoms with van der Waals surface area (Å²) < 4.78 is 0. The minimum Gasteiger partial charge on any atom is -0.358 e. The van der Waals surface area contributed by atoms with Crippen LogP contribution in [0.5, 0.6) is 0 Å². The Bertz CT molecular complexity index is 137. The Kier molecular flexibility index (Phi) is 14.1. The van der Waals surface area contributed by atoms with Crippen molar-refractivity contribution in [1.29, 1.82) is 0 Å². The predicted molar refractivity (Wildman–Crippen MR) is 23.7 cm³/mol. The van der Waals surface area contributed by atoms with E-state index in [4.69, 9.17) is 6.42 Å². The van der Waals surface area contributed by atoms with Crippen molar-refractivity contribution in [3.8, 4) is 30.1 Å². The van der Waals surface area contributed by atoms with Gasteiger partial charge in [0.2, 0.25) is 0 Å². The third kappa shape index (κ3) is 10.7. The summed E-state index contributed by atoms with van der Waals surface area (Å²) in [5, 5.41) is 0. The van der Waals surface area contributed by atoms with E-state index < -0.39 is 0 Å².